The average molecular weight is 287 g/mol. The number of nitrogens with zero attached hydrogens (tertiary/aromatic N) is 1. The lowest BCUT2D eigenvalue weighted by atomic mass is 10.4. The zero-order valence-electron chi connectivity index (χ0n) is 11.1. The zero-order chi connectivity index (χ0) is 14.5. The number of hydrogen-bond donors (Lipinski definition) is 0. The molecule has 106 valence electrons. The molecule has 0 N–H and O–H groups in total. The molecule has 1 aromatic rings. The van der Waals surface area contributed by atoms with Gasteiger partial charge in [0.25, 0.3) is 10.0 Å². The van der Waals surface area contributed by atoms with Crippen LogP contribution in [0.5, 0.6) is 0 Å². The first-order chi connectivity index (χ1) is 8.87. The van der Waals surface area contributed by atoms with Crippen LogP contribution in [0.4, 0.5) is 0 Å². The van der Waals surface area contributed by atoms with Gasteiger partial charge in [0.05, 0.1) is 0 Å². The van der Waals surface area contributed by atoms with Crippen LogP contribution in [0.25, 0.3) is 0 Å². The molecule has 19 heavy (non-hydrogen) atoms. The van der Waals surface area contributed by atoms with Crippen LogP contribution in [0.3, 0.4) is 0 Å². The Bertz CT molecular complexity index is 556. The van der Waals surface area contributed by atoms with Crippen molar-refractivity contribution in [3.05, 3.63) is 30.0 Å². The van der Waals surface area contributed by atoms with Crippen LogP contribution in [0.1, 0.15) is 19.1 Å². The van der Waals surface area contributed by atoms with Crippen molar-refractivity contribution in [2.24, 2.45) is 0 Å². The number of ether oxygens (including phenoxy) is 1. The van der Waals surface area contributed by atoms with Gasteiger partial charge < -0.3 is 9.15 Å². The highest BCUT2D eigenvalue weighted by molar-refractivity contribution is 7.88. The number of rotatable bonds is 6. The van der Waals surface area contributed by atoms with Crippen molar-refractivity contribution in [3.8, 4) is 0 Å². The van der Waals surface area contributed by atoms with E-state index >= 15 is 0 Å². The molecule has 0 unspecified atom stereocenters. The van der Waals surface area contributed by atoms with Gasteiger partial charge in [0.15, 0.2) is 0 Å². The van der Waals surface area contributed by atoms with Gasteiger partial charge in [-0.15, -0.1) is 0 Å². The lowest BCUT2D eigenvalue weighted by molar-refractivity contribution is -0.139. The summed E-state index contributed by atoms with van der Waals surface area (Å²) in [5.74, 6) is -0.214. The van der Waals surface area contributed by atoms with Crippen molar-refractivity contribution in [1.29, 1.82) is 0 Å². The van der Waals surface area contributed by atoms with E-state index in [9.17, 15) is 13.2 Å². The summed E-state index contributed by atoms with van der Waals surface area (Å²) in [6.07, 6.45) is 3.73. The molecule has 0 aliphatic carbocycles. The van der Waals surface area contributed by atoms with Gasteiger partial charge in [0, 0.05) is 20.2 Å². The van der Waals surface area contributed by atoms with Gasteiger partial charge in [0.1, 0.15) is 12.4 Å². The second kappa shape index (κ2) is 6.53. The third kappa shape index (κ3) is 4.22. The minimum Gasteiger partial charge on any atom is -0.454 e. The number of esters is 1. The van der Waals surface area contributed by atoms with E-state index in [2.05, 4.69) is 0 Å². The van der Waals surface area contributed by atoms with E-state index in [1.807, 2.05) is 6.92 Å². The van der Waals surface area contributed by atoms with Crippen molar-refractivity contribution in [2.75, 3.05) is 14.1 Å². The van der Waals surface area contributed by atoms with Crippen molar-refractivity contribution in [2.45, 2.75) is 25.0 Å². The van der Waals surface area contributed by atoms with E-state index in [0.29, 0.717) is 0 Å². The number of sulfonamides is 1. The SMILES string of the molecule is CC/C=C/C(=O)OCc1ccc(S(=O)(=O)N(C)C)o1. The molecule has 0 aliphatic rings. The molecule has 0 amide bonds. The standard InChI is InChI=1S/C12H17NO5S/c1-4-5-6-11(14)17-9-10-7-8-12(18-10)19(15,16)13(2)3/h5-8H,4,9H2,1-3H3/b6-5+. The summed E-state index contributed by atoms with van der Waals surface area (Å²) in [7, 11) is -0.777. The molecule has 1 heterocycles. The Hall–Kier alpha value is -1.60. The van der Waals surface area contributed by atoms with Crippen LogP contribution in [0.15, 0.2) is 33.8 Å². The van der Waals surface area contributed by atoms with E-state index in [1.54, 1.807) is 6.08 Å². The first kappa shape index (κ1) is 15.5. The van der Waals surface area contributed by atoms with Gasteiger partial charge in [-0.05, 0) is 18.6 Å². The molecule has 1 rings (SSSR count). The van der Waals surface area contributed by atoms with E-state index in [1.165, 1.54) is 32.3 Å². The molecule has 0 bridgehead atoms. The van der Waals surface area contributed by atoms with Gasteiger partial charge in [0.2, 0.25) is 5.09 Å². The molecule has 0 radical (unpaired) electrons. The molecule has 0 fully saturated rings. The van der Waals surface area contributed by atoms with Crippen LogP contribution in [0, 0.1) is 0 Å². The summed E-state index contributed by atoms with van der Waals surface area (Å²) in [5.41, 5.74) is 0. The molecule has 0 atom stereocenters. The molecule has 1 aromatic heterocycles. The Morgan fingerprint density at radius 1 is 1.42 bits per heavy atom. The highest BCUT2D eigenvalue weighted by Crippen LogP contribution is 2.17. The third-order valence-corrected chi connectivity index (χ3v) is 3.91. The Morgan fingerprint density at radius 3 is 2.68 bits per heavy atom. The normalized spacial score (nSPS) is 12.2. The Kier molecular flexibility index (Phi) is 5.31. The first-order valence-electron chi connectivity index (χ1n) is 5.72. The summed E-state index contributed by atoms with van der Waals surface area (Å²) in [4.78, 5) is 11.2. The van der Waals surface area contributed by atoms with E-state index in [-0.39, 0.29) is 17.5 Å². The molecule has 0 saturated heterocycles. The second-order valence-electron chi connectivity index (χ2n) is 3.93. The maximum absolute atomic E-state index is 11.7. The predicted octanol–water partition coefficient (Wildman–Crippen LogP) is 1.54. The number of carbonyl (C=O) groups is 1. The summed E-state index contributed by atoms with van der Waals surface area (Å²) in [6.45, 7) is 1.80. The Morgan fingerprint density at radius 2 is 2.11 bits per heavy atom. The monoisotopic (exact) mass is 287 g/mol. The van der Waals surface area contributed by atoms with Crippen LogP contribution in [-0.4, -0.2) is 32.8 Å². The fourth-order valence-corrected chi connectivity index (χ4v) is 1.97. The number of allylic oxidation sites excluding steroid dienone is 1. The average Bonchev–Trinajstić information content (AvgIpc) is 2.83. The maximum atomic E-state index is 11.7. The second-order valence-corrected chi connectivity index (χ2v) is 6.01. The minimum absolute atomic E-state index is 0.101. The fraction of sp³-hybridized carbons (Fsp3) is 0.417. The van der Waals surface area contributed by atoms with E-state index < -0.39 is 16.0 Å². The summed E-state index contributed by atoms with van der Waals surface area (Å²) in [6, 6.07) is 2.80. The Labute approximate surface area is 112 Å². The van der Waals surface area contributed by atoms with Crippen LogP contribution < -0.4 is 0 Å². The largest absolute Gasteiger partial charge is 0.454 e. The maximum Gasteiger partial charge on any atom is 0.330 e. The fourth-order valence-electron chi connectivity index (χ4n) is 1.16. The van der Waals surface area contributed by atoms with Crippen molar-refractivity contribution in [3.63, 3.8) is 0 Å². The van der Waals surface area contributed by atoms with Crippen LogP contribution in [0.2, 0.25) is 0 Å². The van der Waals surface area contributed by atoms with Gasteiger partial charge >= 0.3 is 5.97 Å². The van der Waals surface area contributed by atoms with E-state index in [0.717, 1.165) is 10.7 Å². The van der Waals surface area contributed by atoms with Crippen molar-refractivity contribution < 1.29 is 22.4 Å². The van der Waals surface area contributed by atoms with Gasteiger partial charge in [-0.3, -0.25) is 0 Å². The lowest BCUT2D eigenvalue weighted by Crippen LogP contribution is -2.21. The number of carbonyl (C=O) groups excluding carboxylic acids is 1. The predicted molar refractivity (Wildman–Crippen MR) is 68.8 cm³/mol. The van der Waals surface area contributed by atoms with Gasteiger partial charge in [-0.2, -0.15) is 0 Å². The summed E-state index contributed by atoms with van der Waals surface area (Å²) in [5, 5.41) is -0.173. The van der Waals surface area contributed by atoms with Crippen LogP contribution in [-0.2, 0) is 26.2 Å². The molecular weight excluding hydrogens is 270 g/mol. The Balaban J connectivity index is 2.67. The zero-order valence-corrected chi connectivity index (χ0v) is 11.9. The quantitative estimate of drug-likeness (QED) is 0.586. The molecule has 7 heteroatoms. The number of hydrogen-bond acceptors (Lipinski definition) is 5. The van der Waals surface area contributed by atoms with Gasteiger partial charge in [-0.25, -0.2) is 17.5 Å². The highest BCUT2D eigenvalue weighted by Gasteiger charge is 2.21. The summed E-state index contributed by atoms with van der Waals surface area (Å²) < 4.78 is 34.5. The molecule has 0 aliphatic heterocycles. The van der Waals surface area contributed by atoms with Crippen molar-refractivity contribution >= 4 is 16.0 Å². The molecule has 0 saturated carbocycles. The minimum atomic E-state index is -3.60. The smallest absolute Gasteiger partial charge is 0.330 e. The molecular formula is C12H17NO5S. The van der Waals surface area contributed by atoms with Crippen LogP contribution >= 0.6 is 0 Å². The van der Waals surface area contributed by atoms with E-state index in [4.69, 9.17) is 9.15 Å². The molecule has 0 aromatic carbocycles. The first-order valence-corrected chi connectivity index (χ1v) is 7.16. The lowest BCUT2D eigenvalue weighted by Gasteiger charge is -2.07. The van der Waals surface area contributed by atoms with Crippen molar-refractivity contribution in [1.82, 2.24) is 4.31 Å². The number of furan rings is 1. The highest BCUT2D eigenvalue weighted by atomic mass is 32.2. The summed E-state index contributed by atoms with van der Waals surface area (Å²) >= 11 is 0. The van der Waals surface area contributed by atoms with Gasteiger partial charge in [-0.1, -0.05) is 13.0 Å². The molecule has 6 nitrogen and oxygen atoms in total. The topological polar surface area (TPSA) is 76.8 Å². The molecule has 0 spiro atoms. The third-order valence-electron chi connectivity index (χ3n) is 2.22.